The van der Waals surface area contributed by atoms with E-state index in [1.165, 1.54) is 0 Å². The molecular weight excluding hydrogens is 212 g/mol. The molecule has 1 heterocycles. The Balaban J connectivity index is 2.19. The van der Waals surface area contributed by atoms with Crippen LogP contribution in [-0.2, 0) is 6.54 Å². The molecule has 0 radical (unpaired) electrons. The zero-order valence-electron chi connectivity index (χ0n) is 9.94. The molecule has 2 rings (SSSR count). The molecule has 86 valence electrons. The first-order valence-corrected chi connectivity index (χ1v) is 5.53. The Labute approximate surface area is 100 Å². The van der Waals surface area contributed by atoms with Crippen molar-refractivity contribution in [1.29, 1.82) is 5.26 Å². The monoisotopic (exact) mass is 226 g/mol. The maximum Gasteiger partial charge on any atom is 0.0994 e. The van der Waals surface area contributed by atoms with Gasteiger partial charge in [-0.1, -0.05) is 0 Å². The molecule has 1 aromatic heterocycles. The first kappa shape index (κ1) is 11.2. The molecule has 0 bridgehead atoms. The molecule has 1 N–H and O–H groups in total. The number of aromatic nitrogens is 2. The van der Waals surface area contributed by atoms with Gasteiger partial charge in [0.15, 0.2) is 0 Å². The largest absolute Gasteiger partial charge is 0.353 e. The van der Waals surface area contributed by atoms with Crippen LogP contribution in [0, 0.1) is 18.3 Å². The highest BCUT2D eigenvalue weighted by Gasteiger charge is 2.01. The van der Waals surface area contributed by atoms with Crippen LogP contribution in [0.15, 0.2) is 30.6 Å². The molecule has 4 heteroatoms. The first-order valence-electron chi connectivity index (χ1n) is 5.53. The second kappa shape index (κ2) is 4.71. The van der Waals surface area contributed by atoms with Crippen molar-refractivity contribution < 1.29 is 0 Å². The lowest BCUT2D eigenvalue weighted by Crippen LogP contribution is -1.93. The maximum atomic E-state index is 8.85. The fraction of sp³-hybridized carbons (Fsp3) is 0.231. The van der Waals surface area contributed by atoms with Gasteiger partial charge in [-0.3, -0.25) is 4.68 Å². The minimum atomic E-state index is 0.708. The second-order valence-electron chi connectivity index (χ2n) is 3.85. The molecule has 0 aliphatic carbocycles. The lowest BCUT2D eigenvalue weighted by molar-refractivity contribution is 0.660. The Hall–Kier alpha value is -2.28. The fourth-order valence-corrected chi connectivity index (χ4v) is 1.63. The van der Waals surface area contributed by atoms with Crippen LogP contribution in [0.5, 0.6) is 0 Å². The lowest BCUT2D eigenvalue weighted by Gasteiger charge is -2.05. The van der Waals surface area contributed by atoms with Gasteiger partial charge in [0.2, 0.25) is 0 Å². The topological polar surface area (TPSA) is 53.6 Å². The molecule has 0 spiro atoms. The third kappa shape index (κ3) is 2.45. The smallest absolute Gasteiger partial charge is 0.0994 e. The van der Waals surface area contributed by atoms with Gasteiger partial charge in [0, 0.05) is 18.4 Å². The molecular formula is C13H14N4. The van der Waals surface area contributed by atoms with Crippen LogP contribution in [0.1, 0.15) is 18.1 Å². The van der Waals surface area contributed by atoms with E-state index in [-0.39, 0.29) is 0 Å². The van der Waals surface area contributed by atoms with E-state index in [0.717, 1.165) is 23.5 Å². The summed E-state index contributed by atoms with van der Waals surface area (Å²) in [5, 5.41) is 16.3. The van der Waals surface area contributed by atoms with Gasteiger partial charge in [-0.2, -0.15) is 10.4 Å². The Morgan fingerprint density at radius 2 is 2.24 bits per heavy atom. The van der Waals surface area contributed by atoms with Crippen molar-refractivity contribution >= 4 is 11.4 Å². The van der Waals surface area contributed by atoms with Crippen LogP contribution < -0.4 is 5.32 Å². The summed E-state index contributed by atoms with van der Waals surface area (Å²) < 4.78 is 1.86. The van der Waals surface area contributed by atoms with Gasteiger partial charge in [-0.25, -0.2) is 0 Å². The summed E-state index contributed by atoms with van der Waals surface area (Å²) in [5.74, 6) is 0. The average Bonchev–Trinajstić information content (AvgIpc) is 2.77. The van der Waals surface area contributed by atoms with Gasteiger partial charge in [0.1, 0.15) is 0 Å². The minimum Gasteiger partial charge on any atom is -0.353 e. The Kier molecular flexibility index (Phi) is 3.10. The number of hydrogen-bond acceptors (Lipinski definition) is 3. The van der Waals surface area contributed by atoms with Crippen LogP contribution in [0.25, 0.3) is 0 Å². The Bertz CT molecular complexity index is 563. The van der Waals surface area contributed by atoms with E-state index in [9.17, 15) is 0 Å². The summed E-state index contributed by atoms with van der Waals surface area (Å²) in [6, 6.07) is 7.83. The number of nitrogens with one attached hydrogen (secondary N) is 1. The molecule has 0 amide bonds. The number of benzene rings is 1. The number of rotatable bonds is 3. The molecule has 17 heavy (non-hydrogen) atoms. The summed E-state index contributed by atoms with van der Waals surface area (Å²) in [6.07, 6.45) is 3.74. The van der Waals surface area contributed by atoms with Crippen LogP contribution in [0.2, 0.25) is 0 Å². The van der Waals surface area contributed by atoms with E-state index in [1.54, 1.807) is 6.20 Å². The third-order valence-electron chi connectivity index (χ3n) is 2.59. The van der Waals surface area contributed by atoms with Crippen LogP contribution >= 0.6 is 0 Å². The van der Waals surface area contributed by atoms with Gasteiger partial charge in [-0.15, -0.1) is 0 Å². The number of hydrogen-bond donors (Lipinski definition) is 1. The highest BCUT2D eigenvalue weighted by atomic mass is 15.3. The van der Waals surface area contributed by atoms with Gasteiger partial charge in [-0.05, 0) is 37.6 Å². The van der Waals surface area contributed by atoms with Crippen molar-refractivity contribution in [3.8, 4) is 6.07 Å². The highest BCUT2D eigenvalue weighted by Crippen LogP contribution is 2.19. The summed E-state index contributed by atoms with van der Waals surface area (Å²) in [6.45, 7) is 4.83. The van der Waals surface area contributed by atoms with E-state index in [2.05, 4.69) is 16.5 Å². The molecule has 0 saturated carbocycles. The van der Waals surface area contributed by atoms with Crippen molar-refractivity contribution in [1.82, 2.24) is 9.78 Å². The zero-order chi connectivity index (χ0) is 12.3. The molecule has 0 aliphatic rings. The Morgan fingerprint density at radius 3 is 2.82 bits per heavy atom. The van der Waals surface area contributed by atoms with Crippen LogP contribution in [0.4, 0.5) is 11.4 Å². The molecule has 0 saturated heterocycles. The number of nitrogens with zero attached hydrogens (tertiary/aromatic N) is 3. The minimum absolute atomic E-state index is 0.708. The van der Waals surface area contributed by atoms with E-state index in [0.29, 0.717) is 5.56 Å². The number of aryl methyl sites for hydroxylation is 2. The van der Waals surface area contributed by atoms with Gasteiger partial charge in [0.25, 0.3) is 0 Å². The number of nitriles is 1. The normalized spacial score (nSPS) is 9.94. The van der Waals surface area contributed by atoms with Crippen molar-refractivity contribution in [2.75, 3.05) is 5.32 Å². The van der Waals surface area contributed by atoms with Crippen LogP contribution in [-0.4, -0.2) is 9.78 Å². The highest BCUT2D eigenvalue weighted by molar-refractivity contribution is 5.60. The molecule has 4 nitrogen and oxygen atoms in total. The lowest BCUT2D eigenvalue weighted by atomic mass is 10.1. The summed E-state index contributed by atoms with van der Waals surface area (Å²) >= 11 is 0. The average molecular weight is 226 g/mol. The summed E-state index contributed by atoms with van der Waals surface area (Å²) in [5.41, 5.74) is 3.60. The summed E-state index contributed by atoms with van der Waals surface area (Å²) in [7, 11) is 0. The van der Waals surface area contributed by atoms with Gasteiger partial charge in [0.05, 0.1) is 23.5 Å². The van der Waals surface area contributed by atoms with Gasteiger partial charge >= 0.3 is 0 Å². The van der Waals surface area contributed by atoms with Crippen molar-refractivity contribution in [2.24, 2.45) is 0 Å². The predicted molar refractivity (Wildman–Crippen MR) is 67.1 cm³/mol. The van der Waals surface area contributed by atoms with Crippen molar-refractivity contribution in [3.63, 3.8) is 0 Å². The quantitative estimate of drug-likeness (QED) is 0.875. The predicted octanol–water partition coefficient (Wildman–Crippen LogP) is 2.83. The zero-order valence-corrected chi connectivity index (χ0v) is 9.94. The molecule has 0 atom stereocenters. The molecule has 0 unspecified atom stereocenters. The number of anilines is 2. The van der Waals surface area contributed by atoms with Crippen molar-refractivity contribution in [3.05, 3.63) is 41.7 Å². The van der Waals surface area contributed by atoms with Crippen molar-refractivity contribution in [2.45, 2.75) is 20.4 Å². The van der Waals surface area contributed by atoms with E-state index >= 15 is 0 Å². The summed E-state index contributed by atoms with van der Waals surface area (Å²) in [4.78, 5) is 0. The standard InChI is InChI=1S/C13H14N4/c1-3-17-9-13(8-15-17)16-12-5-4-11(7-14)10(2)6-12/h4-6,8-9,16H,3H2,1-2H3. The molecule has 0 fully saturated rings. The molecule has 0 aliphatic heterocycles. The molecule has 2 aromatic rings. The Morgan fingerprint density at radius 1 is 1.41 bits per heavy atom. The molecule has 1 aromatic carbocycles. The second-order valence-corrected chi connectivity index (χ2v) is 3.85. The first-order chi connectivity index (χ1) is 8.22. The maximum absolute atomic E-state index is 8.85. The van der Waals surface area contributed by atoms with E-state index < -0.39 is 0 Å². The van der Waals surface area contributed by atoms with E-state index in [1.807, 2.05) is 42.9 Å². The van der Waals surface area contributed by atoms with Gasteiger partial charge < -0.3 is 5.32 Å². The third-order valence-corrected chi connectivity index (χ3v) is 2.59. The fourth-order valence-electron chi connectivity index (χ4n) is 1.63. The SMILES string of the molecule is CCn1cc(Nc2ccc(C#N)c(C)c2)cn1. The van der Waals surface area contributed by atoms with Crippen LogP contribution in [0.3, 0.4) is 0 Å². The van der Waals surface area contributed by atoms with E-state index in [4.69, 9.17) is 5.26 Å².